The maximum atomic E-state index is 12.4. The molecule has 1 aliphatic carbocycles. The van der Waals surface area contributed by atoms with E-state index in [-0.39, 0.29) is 12.1 Å². The molecule has 0 spiro atoms. The summed E-state index contributed by atoms with van der Waals surface area (Å²) in [6, 6.07) is 9.34. The number of rotatable bonds is 1. The van der Waals surface area contributed by atoms with Gasteiger partial charge in [0.05, 0.1) is 5.56 Å². The van der Waals surface area contributed by atoms with Gasteiger partial charge in [-0.3, -0.25) is 5.21 Å². The van der Waals surface area contributed by atoms with Crippen molar-refractivity contribution in [3.8, 4) is 0 Å². The Kier molecular flexibility index (Phi) is 2.78. The van der Waals surface area contributed by atoms with Gasteiger partial charge in [-0.2, -0.15) is 4.74 Å². The molecule has 3 rings (SSSR count). The Morgan fingerprint density at radius 3 is 2.44 bits per heavy atom. The summed E-state index contributed by atoms with van der Waals surface area (Å²) in [5, 5.41) is 22.5. The minimum Gasteiger partial charge on any atom is -0.623 e. The zero-order valence-corrected chi connectivity index (χ0v) is 10.2. The molecule has 1 aromatic carbocycles. The van der Waals surface area contributed by atoms with Crippen molar-refractivity contribution in [2.45, 2.75) is 37.8 Å². The molecule has 0 aromatic heterocycles. The quantitative estimate of drug-likeness (QED) is 0.466. The monoisotopic (exact) mass is 245 g/mol. The highest BCUT2D eigenvalue weighted by molar-refractivity contribution is 6.34. The summed E-state index contributed by atoms with van der Waals surface area (Å²) < 4.78 is 2.33. The van der Waals surface area contributed by atoms with Gasteiger partial charge in [0.25, 0.3) is 18.0 Å². The fourth-order valence-electron chi connectivity index (χ4n) is 2.94. The Morgan fingerprint density at radius 2 is 1.72 bits per heavy atom. The summed E-state index contributed by atoms with van der Waals surface area (Å²) in [4.78, 5) is 0. The fourth-order valence-corrected chi connectivity index (χ4v) is 2.94. The summed E-state index contributed by atoms with van der Waals surface area (Å²) in [6.07, 6.45) is 5.46. The Labute approximate surface area is 106 Å². The van der Waals surface area contributed by atoms with E-state index >= 15 is 0 Å². The van der Waals surface area contributed by atoms with Crippen LogP contribution in [0.5, 0.6) is 0 Å². The standard InChI is InChI=1S/C14H17N2O2/c17-15-10-14(11-6-2-1-3-7-11)16(18)13-9-5-4-8-12(13)15/h1-3,6-7,10,12-13,17H,4-5,8-9H2/q+1/t12-,13-/m0/s1. The van der Waals surface area contributed by atoms with Crippen LogP contribution in [-0.2, 0) is 0 Å². The normalized spacial score (nSPS) is 27.7. The van der Waals surface area contributed by atoms with E-state index in [1.54, 1.807) is 6.21 Å². The van der Waals surface area contributed by atoms with Gasteiger partial charge in [-0.05, 0) is 29.7 Å². The number of hydrogen-bond acceptors (Lipinski definition) is 2. The second kappa shape index (κ2) is 4.44. The van der Waals surface area contributed by atoms with Gasteiger partial charge in [0, 0.05) is 12.8 Å². The van der Waals surface area contributed by atoms with Crippen LogP contribution in [0, 0.1) is 5.21 Å². The maximum absolute atomic E-state index is 12.4. The summed E-state index contributed by atoms with van der Waals surface area (Å²) in [7, 11) is 0. The van der Waals surface area contributed by atoms with Crippen molar-refractivity contribution in [3.63, 3.8) is 0 Å². The molecule has 0 radical (unpaired) electrons. The Morgan fingerprint density at radius 1 is 1.06 bits per heavy atom. The molecule has 2 atom stereocenters. The van der Waals surface area contributed by atoms with Crippen molar-refractivity contribution >= 4 is 11.9 Å². The molecular weight excluding hydrogens is 228 g/mol. The summed E-state index contributed by atoms with van der Waals surface area (Å²) in [5.41, 5.74) is 1.41. The summed E-state index contributed by atoms with van der Waals surface area (Å²) in [6.45, 7) is 0. The van der Waals surface area contributed by atoms with E-state index in [4.69, 9.17) is 0 Å². The van der Waals surface area contributed by atoms with Crippen LogP contribution in [0.1, 0.15) is 31.2 Å². The Balaban J connectivity index is 2.04. The van der Waals surface area contributed by atoms with Crippen LogP contribution in [0.4, 0.5) is 0 Å². The Hall–Kier alpha value is -1.84. The van der Waals surface area contributed by atoms with Crippen molar-refractivity contribution in [3.05, 3.63) is 41.1 Å². The molecule has 0 amide bonds. The molecule has 1 heterocycles. The first-order valence-electron chi connectivity index (χ1n) is 6.48. The lowest BCUT2D eigenvalue weighted by Gasteiger charge is -2.27. The number of benzene rings is 1. The van der Waals surface area contributed by atoms with Gasteiger partial charge in [-0.25, -0.2) is 0 Å². The Bertz CT molecular complexity index is 508. The number of fused-ring (bicyclic) bond motifs is 1. The lowest BCUT2D eigenvalue weighted by atomic mass is 9.89. The highest BCUT2D eigenvalue weighted by Gasteiger charge is 2.45. The highest BCUT2D eigenvalue weighted by Crippen LogP contribution is 2.25. The smallest absolute Gasteiger partial charge is 0.288 e. The molecule has 0 bridgehead atoms. The zero-order chi connectivity index (χ0) is 12.5. The molecular formula is C14H17N2O2+. The topological polar surface area (TPSA) is 49.3 Å². The second-order valence-electron chi connectivity index (χ2n) is 5.01. The van der Waals surface area contributed by atoms with Gasteiger partial charge in [0.1, 0.15) is 0 Å². The average Bonchev–Trinajstić information content (AvgIpc) is 2.44. The third kappa shape index (κ3) is 1.78. The molecule has 1 aliphatic heterocycles. The lowest BCUT2D eigenvalue weighted by molar-refractivity contribution is -0.819. The van der Waals surface area contributed by atoms with E-state index in [2.05, 4.69) is 0 Å². The van der Waals surface area contributed by atoms with E-state index in [0.29, 0.717) is 5.71 Å². The number of hydrogen-bond donors (Lipinski definition) is 1. The van der Waals surface area contributed by atoms with E-state index in [0.717, 1.165) is 36.0 Å². The molecule has 0 unspecified atom stereocenters. The molecule has 0 saturated heterocycles. The van der Waals surface area contributed by atoms with Crippen LogP contribution >= 0.6 is 0 Å². The largest absolute Gasteiger partial charge is 0.623 e. The molecule has 94 valence electrons. The molecule has 4 heteroatoms. The third-order valence-corrected chi connectivity index (χ3v) is 3.90. The maximum Gasteiger partial charge on any atom is 0.288 e. The van der Waals surface area contributed by atoms with Gasteiger partial charge in [-0.1, -0.05) is 18.2 Å². The first-order valence-corrected chi connectivity index (χ1v) is 6.48. The van der Waals surface area contributed by atoms with E-state index in [1.807, 2.05) is 30.3 Å². The van der Waals surface area contributed by atoms with E-state index < -0.39 is 0 Å². The number of nitrogens with zero attached hydrogens (tertiary/aromatic N) is 2. The molecule has 1 saturated carbocycles. The molecule has 4 nitrogen and oxygen atoms in total. The predicted octanol–water partition coefficient (Wildman–Crippen LogP) is 1.78. The van der Waals surface area contributed by atoms with Gasteiger partial charge in [-0.15, -0.1) is 0 Å². The highest BCUT2D eigenvalue weighted by atomic mass is 16.5. The third-order valence-electron chi connectivity index (χ3n) is 3.90. The summed E-state index contributed by atoms with van der Waals surface area (Å²) >= 11 is 0. The van der Waals surface area contributed by atoms with Crippen LogP contribution in [0.3, 0.4) is 0 Å². The van der Waals surface area contributed by atoms with Gasteiger partial charge in [0.15, 0.2) is 0 Å². The lowest BCUT2D eigenvalue weighted by Crippen LogP contribution is -2.51. The van der Waals surface area contributed by atoms with Gasteiger partial charge >= 0.3 is 0 Å². The van der Waals surface area contributed by atoms with E-state index in [9.17, 15) is 10.4 Å². The van der Waals surface area contributed by atoms with Crippen LogP contribution in [0.2, 0.25) is 0 Å². The van der Waals surface area contributed by atoms with Crippen molar-refractivity contribution in [1.29, 1.82) is 0 Å². The summed E-state index contributed by atoms with van der Waals surface area (Å²) in [5.74, 6) is 0. The van der Waals surface area contributed by atoms with Crippen molar-refractivity contribution in [2.75, 3.05) is 0 Å². The molecule has 1 fully saturated rings. The molecule has 18 heavy (non-hydrogen) atoms. The van der Waals surface area contributed by atoms with E-state index in [1.165, 1.54) is 4.74 Å². The first kappa shape index (κ1) is 11.3. The minimum atomic E-state index is -0.121. The number of hydroxylamine groups is 2. The van der Waals surface area contributed by atoms with Gasteiger partial charge < -0.3 is 5.21 Å². The average molecular weight is 245 g/mol. The molecule has 1 N–H and O–H groups in total. The first-order chi connectivity index (χ1) is 8.77. The second-order valence-corrected chi connectivity index (χ2v) is 5.01. The van der Waals surface area contributed by atoms with Crippen LogP contribution < -0.4 is 0 Å². The predicted molar refractivity (Wildman–Crippen MR) is 68.3 cm³/mol. The minimum absolute atomic E-state index is 0.0521. The van der Waals surface area contributed by atoms with Crippen molar-refractivity contribution < 1.29 is 14.7 Å². The van der Waals surface area contributed by atoms with Crippen molar-refractivity contribution in [2.24, 2.45) is 0 Å². The SMILES string of the molecule is [O-][N+]1=C(c2ccccc2)C=[N+](O)[C@H]2CCCC[C@@H]21. The zero-order valence-electron chi connectivity index (χ0n) is 10.2. The molecule has 2 aliphatic rings. The van der Waals surface area contributed by atoms with Crippen LogP contribution in [-0.4, -0.2) is 38.7 Å². The fraction of sp³-hybridized carbons (Fsp3) is 0.429. The van der Waals surface area contributed by atoms with Crippen molar-refractivity contribution in [1.82, 2.24) is 0 Å². The molecule has 1 aromatic rings. The van der Waals surface area contributed by atoms with Gasteiger partial charge in [0.2, 0.25) is 6.04 Å². The van der Waals surface area contributed by atoms with Crippen LogP contribution in [0.15, 0.2) is 30.3 Å². The van der Waals surface area contributed by atoms with Crippen LogP contribution in [0.25, 0.3) is 0 Å².